The summed E-state index contributed by atoms with van der Waals surface area (Å²) in [6, 6.07) is 14.3. The second kappa shape index (κ2) is 8.75. The summed E-state index contributed by atoms with van der Waals surface area (Å²) in [6.45, 7) is 2.29. The lowest BCUT2D eigenvalue weighted by molar-refractivity contribution is 0.576. The predicted octanol–water partition coefficient (Wildman–Crippen LogP) is 10.2. The van der Waals surface area contributed by atoms with E-state index in [2.05, 4.69) is 48.7 Å². The maximum atomic E-state index is 2.45. The predicted molar refractivity (Wildman–Crippen MR) is 136 cm³/mol. The molecule has 0 aliphatic carbocycles. The minimum atomic E-state index is 1.25. The molecule has 0 N–H and O–H groups in total. The Balaban J connectivity index is 1.30. The zero-order chi connectivity index (χ0) is 19.6. The van der Waals surface area contributed by atoms with Crippen molar-refractivity contribution < 1.29 is 0 Å². The molecule has 3 heteroatoms. The summed E-state index contributed by atoms with van der Waals surface area (Å²) in [5, 5.41) is 7.87. The average Bonchev–Trinajstić information content (AvgIpc) is 3.42. The first kappa shape index (κ1) is 19.5. The lowest BCUT2D eigenvalue weighted by Gasteiger charge is -2.00. The van der Waals surface area contributed by atoms with Crippen LogP contribution in [0, 0.1) is 0 Å². The molecule has 0 spiro atoms. The number of thiophene rings is 3. The summed E-state index contributed by atoms with van der Waals surface area (Å²) in [5.41, 5.74) is 0. The highest BCUT2D eigenvalue weighted by Gasteiger charge is 2.10. The second-order valence-corrected chi connectivity index (χ2v) is 11.4. The Morgan fingerprint density at radius 1 is 0.621 bits per heavy atom. The van der Waals surface area contributed by atoms with Crippen molar-refractivity contribution in [2.45, 2.75) is 64.7 Å². The zero-order valence-corrected chi connectivity index (χ0v) is 19.6. The molecule has 0 saturated carbocycles. The Morgan fingerprint density at radius 2 is 1.31 bits per heavy atom. The molecule has 2 aromatic carbocycles. The summed E-state index contributed by atoms with van der Waals surface area (Å²) in [4.78, 5) is 1.56. The van der Waals surface area contributed by atoms with Crippen LogP contribution in [0.1, 0.15) is 63.2 Å². The van der Waals surface area contributed by atoms with E-state index in [1.54, 1.807) is 4.88 Å². The van der Waals surface area contributed by atoms with E-state index >= 15 is 0 Å². The van der Waals surface area contributed by atoms with Crippen LogP contribution >= 0.6 is 34.0 Å². The number of hydrogen-bond donors (Lipinski definition) is 0. The van der Waals surface area contributed by atoms with Crippen molar-refractivity contribution in [2.24, 2.45) is 0 Å². The number of unbranched alkanes of at least 4 members (excludes halogenated alkanes) is 7. The Bertz CT molecular complexity index is 1250. The first-order valence-corrected chi connectivity index (χ1v) is 13.6. The van der Waals surface area contributed by atoms with Gasteiger partial charge in [0.1, 0.15) is 0 Å². The van der Waals surface area contributed by atoms with Crippen molar-refractivity contribution in [3.05, 3.63) is 46.7 Å². The summed E-state index contributed by atoms with van der Waals surface area (Å²) >= 11 is 5.80. The summed E-state index contributed by atoms with van der Waals surface area (Å²) in [5.74, 6) is 0. The lowest BCUT2D eigenvalue weighted by Crippen LogP contribution is -1.83. The third kappa shape index (κ3) is 4.10. The highest BCUT2D eigenvalue weighted by Crippen LogP contribution is 2.41. The molecule has 150 valence electrons. The van der Waals surface area contributed by atoms with Gasteiger partial charge in [-0.05, 0) is 65.4 Å². The minimum Gasteiger partial charge on any atom is -0.144 e. The van der Waals surface area contributed by atoms with Crippen LogP contribution in [0.2, 0.25) is 0 Å². The van der Waals surface area contributed by atoms with E-state index in [9.17, 15) is 0 Å². The Kier molecular flexibility index (Phi) is 5.90. The van der Waals surface area contributed by atoms with Gasteiger partial charge in [0.25, 0.3) is 0 Å². The van der Waals surface area contributed by atoms with Crippen molar-refractivity contribution in [3.8, 4) is 0 Å². The van der Waals surface area contributed by atoms with Gasteiger partial charge in [-0.25, -0.2) is 0 Å². The highest BCUT2D eigenvalue weighted by molar-refractivity contribution is 7.27. The fraction of sp³-hybridized carbons (Fsp3) is 0.385. The summed E-state index contributed by atoms with van der Waals surface area (Å²) in [6.07, 6.45) is 12.4. The molecule has 0 saturated heterocycles. The molecule has 0 amide bonds. The molecule has 0 nitrogen and oxygen atoms in total. The van der Waals surface area contributed by atoms with Gasteiger partial charge in [0.2, 0.25) is 0 Å². The molecule has 0 aliphatic rings. The van der Waals surface area contributed by atoms with Gasteiger partial charge in [-0.3, -0.25) is 0 Å². The van der Waals surface area contributed by atoms with Crippen LogP contribution in [-0.2, 0) is 6.42 Å². The molecular weight excluding hydrogens is 408 g/mol. The maximum absolute atomic E-state index is 2.45. The van der Waals surface area contributed by atoms with Crippen molar-refractivity contribution >= 4 is 74.4 Å². The van der Waals surface area contributed by atoms with Crippen LogP contribution in [0.4, 0.5) is 0 Å². The second-order valence-electron chi connectivity index (χ2n) is 8.23. The van der Waals surface area contributed by atoms with Crippen molar-refractivity contribution in [1.29, 1.82) is 0 Å². The first-order valence-electron chi connectivity index (χ1n) is 11.1. The van der Waals surface area contributed by atoms with Crippen LogP contribution in [-0.4, -0.2) is 0 Å². The van der Waals surface area contributed by atoms with Crippen LogP contribution < -0.4 is 0 Å². The fourth-order valence-electron chi connectivity index (χ4n) is 4.38. The monoisotopic (exact) mass is 436 g/mol. The molecule has 3 heterocycles. The maximum Gasteiger partial charge on any atom is 0.0369 e. The van der Waals surface area contributed by atoms with Crippen LogP contribution in [0.15, 0.2) is 41.8 Å². The van der Waals surface area contributed by atoms with Crippen molar-refractivity contribution in [1.82, 2.24) is 0 Å². The number of fused-ring (bicyclic) bond motifs is 5. The van der Waals surface area contributed by atoms with E-state index in [1.165, 1.54) is 98.1 Å². The van der Waals surface area contributed by atoms with E-state index in [1.807, 2.05) is 34.0 Å². The van der Waals surface area contributed by atoms with Crippen molar-refractivity contribution in [3.63, 3.8) is 0 Å². The highest BCUT2D eigenvalue weighted by atomic mass is 32.1. The lowest BCUT2D eigenvalue weighted by atomic mass is 10.1. The average molecular weight is 437 g/mol. The molecule has 5 rings (SSSR count). The van der Waals surface area contributed by atoms with E-state index in [-0.39, 0.29) is 0 Å². The van der Waals surface area contributed by atoms with Gasteiger partial charge in [-0.1, -0.05) is 51.9 Å². The van der Waals surface area contributed by atoms with Gasteiger partial charge in [-0.2, -0.15) is 0 Å². The van der Waals surface area contributed by atoms with E-state index < -0.39 is 0 Å². The van der Waals surface area contributed by atoms with Gasteiger partial charge in [0.15, 0.2) is 0 Å². The topological polar surface area (TPSA) is 0 Å². The molecule has 0 unspecified atom stereocenters. The number of rotatable bonds is 9. The smallest absolute Gasteiger partial charge is 0.0369 e. The molecule has 0 bridgehead atoms. The Hall–Kier alpha value is -1.42. The van der Waals surface area contributed by atoms with E-state index in [0.717, 1.165) is 0 Å². The van der Waals surface area contributed by atoms with Crippen LogP contribution in [0.25, 0.3) is 40.3 Å². The van der Waals surface area contributed by atoms with Crippen LogP contribution in [0.5, 0.6) is 0 Å². The summed E-state index contributed by atoms with van der Waals surface area (Å²) in [7, 11) is 0. The molecule has 0 aliphatic heterocycles. The van der Waals surface area contributed by atoms with Gasteiger partial charge in [0.05, 0.1) is 0 Å². The molecule has 0 radical (unpaired) electrons. The third-order valence-electron chi connectivity index (χ3n) is 6.01. The quantitative estimate of drug-likeness (QED) is 0.202. The summed E-state index contributed by atoms with van der Waals surface area (Å²) < 4.78 is 5.72. The molecule has 0 atom stereocenters. The largest absolute Gasteiger partial charge is 0.144 e. The normalized spacial score (nSPS) is 12.2. The number of hydrogen-bond acceptors (Lipinski definition) is 3. The number of benzene rings is 2. The standard InChI is InChI=1S/C26H28S3/c1-2-3-4-5-6-7-8-9-10-20-13-19-15-22-21-14-18-11-12-27-23(18)16-25(21)29-26(22)17-24(19)28-20/h11-17H,2-10H2,1H3. The molecule has 5 aromatic rings. The van der Waals surface area contributed by atoms with Gasteiger partial charge in [-0.15, -0.1) is 34.0 Å². The molecule has 29 heavy (non-hydrogen) atoms. The molecule has 0 fully saturated rings. The van der Waals surface area contributed by atoms with Crippen molar-refractivity contribution in [2.75, 3.05) is 0 Å². The van der Waals surface area contributed by atoms with Crippen LogP contribution in [0.3, 0.4) is 0 Å². The third-order valence-corrected chi connectivity index (χ3v) is 9.16. The van der Waals surface area contributed by atoms with Gasteiger partial charge >= 0.3 is 0 Å². The fourth-order valence-corrected chi connectivity index (χ4v) is 7.61. The SMILES string of the molecule is CCCCCCCCCCc1cc2cc3c(cc2s1)sc1cc2sccc2cc13. The molecular formula is C26H28S3. The minimum absolute atomic E-state index is 1.25. The van der Waals surface area contributed by atoms with E-state index in [4.69, 9.17) is 0 Å². The van der Waals surface area contributed by atoms with E-state index in [0.29, 0.717) is 0 Å². The van der Waals surface area contributed by atoms with Gasteiger partial charge in [0, 0.05) is 34.4 Å². The Labute approximate surface area is 185 Å². The Morgan fingerprint density at radius 3 is 2.10 bits per heavy atom. The zero-order valence-electron chi connectivity index (χ0n) is 17.1. The molecule has 3 aromatic heterocycles. The first-order chi connectivity index (χ1) is 14.3. The van der Waals surface area contributed by atoms with Gasteiger partial charge < -0.3 is 0 Å². The number of aryl methyl sites for hydroxylation is 1.